The second-order valence-corrected chi connectivity index (χ2v) is 9.01. The molecule has 3 aromatic rings. The summed E-state index contributed by atoms with van der Waals surface area (Å²) in [4.78, 5) is 36.3. The minimum absolute atomic E-state index is 0.261. The number of benzene rings is 3. The van der Waals surface area contributed by atoms with E-state index in [2.05, 4.69) is 21.2 Å². The van der Waals surface area contributed by atoms with Crippen LogP contribution in [0.4, 0.5) is 15.8 Å². The molecule has 3 aromatic carbocycles. The Morgan fingerprint density at radius 2 is 1.81 bits per heavy atom. The molecule has 0 aromatic heterocycles. The third-order valence-electron chi connectivity index (χ3n) is 4.83. The summed E-state index contributed by atoms with van der Waals surface area (Å²) in [5.74, 6) is -2.14. The summed E-state index contributed by atoms with van der Waals surface area (Å²) in [7, 11) is 1.44. The van der Waals surface area contributed by atoms with Gasteiger partial charge in [-0.1, -0.05) is 17.7 Å². The molecule has 37 heavy (non-hydrogen) atoms. The number of carbonyl (C=O) groups is 3. The number of amides is 3. The maximum absolute atomic E-state index is 13.0. The van der Waals surface area contributed by atoms with E-state index in [4.69, 9.17) is 21.1 Å². The van der Waals surface area contributed by atoms with Crippen molar-refractivity contribution in [2.75, 3.05) is 24.4 Å². The molecule has 9 nitrogen and oxygen atoms in total. The molecule has 0 aliphatic heterocycles. The molecule has 192 valence electrons. The highest BCUT2D eigenvalue weighted by Gasteiger charge is 2.15. The fraction of sp³-hybridized carbons (Fsp3) is 0.120. The maximum atomic E-state index is 13.0. The number of nitrogens with one attached hydrogen (secondary N) is 3. The van der Waals surface area contributed by atoms with Gasteiger partial charge in [0.05, 0.1) is 16.9 Å². The second kappa shape index (κ2) is 13.0. The third kappa shape index (κ3) is 7.89. The lowest BCUT2D eigenvalue weighted by molar-refractivity contribution is -0.136. The Hall–Kier alpha value is -3.71. The van der Waals surface area contributed by atoms with E-state index < -0.39 is 17.6 Å². The van der Waals surface area contributed by atoms with E-state index in [1.807, 2.05) is 22.6 Å². The molecule has 0 bridgehead atoms. The van der Waals surface area contributed by atoms with Gasteiger partial charge in [-0.3, -0.25) is 14.4 Å². The molecule has 0 spiro atoms. The largest absolute Gasteiger partial charge is 0.493 e. The molecule has 0 saturated heterocycles. The van der Waals surface area contributed by atoms with Crippen molar-refractivity contribution in [1.82, 2.24) is 5.43 Å². The van der Waals surface area contributed by atoms with E-state index in [0.717, 1.165) is 17.7 Å². The predicted molar refractivity (Wildman–Crippen MR) is 147 cm³/mol. The monoisotopic (exact) mass is 638 g/mol. The van der Waals surface area contributed by atoms with Crippen molar-refractivity contribution < 1.29 is 28.2 Å². The van der Waals surface area contributed by atoms with Crippen LogP contribution in [0.3, 0.4) is 0 Å². The van der Waals surface area contributed by atoms with Crippen molar-refractivity contribution in [3.63, 3.8) is 0 Å². The Bertz CT molecular complexity index is 1350. The van der Waals surface area contributed by atoms with Gasteiger partial charge in [0.15, 0.2) is 18.1 Å². The summed E-state index contributed by atoms with van der Waals surface area (Å²) >= 11 is 8.10. The lowest BCUT2D eigenvalue weighted by Gasteiger charge is -2.14. The van der Waals surface area contributed by atoms with Crippen LogP contribution in [0, 0.1) is 16.3 Å². The Kier molecular flexibility index (Phi) is 9.80. The summed E-state index contributed by atoms with van der Waals surface area (Å²) in [6, 6.07) is 13.4. The highest BCUT2D eigenvalue weighted by atomic mass is 127. The molecule has 0 unspecified atom stereocenters. The number of ether oxygens (including phenoxy) is 2. The van der Waals surface area contributed by atoms with E-state index in [1.165, 1.54) is 25.5 Å². The Labute approximate surface area is 230 Å². The summed E-state index contributed by atoms with van der Waals surface area (Å²) in [5.41, 5.74) is 4.24. The molecule has 0 atom stereocenters. The Morgan fingerprint density at radius 1 is 1.08 bits per heavy atom. The topological polar surface area (TPSA) is 118 Å². The van der Waals surface area contributed by atoms with Gasteiger partial charge in [-0.15, -0.1) is 0 Å². The summed E-state index contributed by atoms with van der Waals surface area (Å²) in [6.07, 6.45) is 1.31. The first-order chi connectivity index (χ1) is 17.7. The zero-order valence-electron chi connectivity index (χ0n) is 19.6. The van der Waals surface area contributed by atoms with E-state index in [9.17, 15) is 18.8 Å². The zero-order valence-corrected chi connectivity index (χ0v) is 22.5. The third-order valence-corrected chi connectivity index (χ3v) is 6.04. The van der Waals surface area contributed by atoms with Gasteiger partial charge in [-0.25, -0.2) is 9.82 Å². The van der Waals surface area contributed by atoms with Crippen molar-refractivity contribution in [2.45, 2.75) is 6.92 Å². The molecule has 0 aliphatic rings. The smallest absolute Gasteiger partial charge is 0.329 e. The van der Waals surface area contributed by atoms with Gasteiger partial charge in [-0.2, -0.15) is 5.10 Å². The van der Waals surface area contributed by atoms with Crippen LogP contribution < -0.4 is 25.5 Å². The molecular weight excluding hydrogens is 618 g/mol. The second-order valence-electron chi connectivity index (χ2n) is 7.44. The standard InChI is InChI=1S/C25H21ClFIN4O5/c1-14-18(26)4-3-5-20(14)31-22(33)13-37-23-19(28)10-15(11-21(23)36-2)12-29-32-25(35)24(34)30-17-8-6-16(27)7-9-17/h3-12H,13H2,1-2H3,(H,30,34)(H,31,33)(H,32,35)/b29-12-. The number of hydrogen-bond acceptors (Lipinski definition) is 6. The van der Waals surface area contributed by atoms with Crippen molar-refractivity contribution in [3.05, 3.63) is 80.1 Å². The molecule has 12 heteroatoms. The van der Waals surface area contributed by atoms with Crippen LogP contribution in [-0.4, -0.2) is 37.7 Å². The Morgan fingerprint density at radius 3 is 2.51 bits per heavy atom. The fourth-order valence-corrected chi connectivity index (χ4v) is 3.91. The van der Waals surface area contributed by atoms with Gasteiger partial charge in [0.2, 0.25) is 0 Å². The van der Waals surface area contributed by atoms with Crippen LogP contribution in [0.5, 0.6) is 11.5 Å². The van der Waals surface area contributed by atoms with E-state index in [1.54, 1.807) is 37.3 Å². The molecule has 0 saturated carbocycles. The summed E-state index contributed by atoms with van der Waals surface area (Å²) < 4.78 is 24.6. The van der Waals surface area contributed by atoms with Crippen LogP contribution in [-0.2, 0) is 14.4 Å². The fourth-order valence-electron chi connectivity index (χ4n) is 2.96. The molecule has 0 heterocycles. The van der Waals surface area contributed by atoms with Crippen LogP contribution in [0.2, 0.25) is 5.02 Å². The van der Waals surface area contributed by atoms with Gasteiger partial charge >= 0.3 is 11.8 Å². The van der Waals surface area contributed by atoms with E-state index >= 15 is 0 Å². The zero-order chi connectivity index (χ0) is 26.9. The number of methoxy groups -OCH3 is 1. The van der Waals surface area contributed by atoms with Crippen LogP contribution >= 0.6 is 34.2 Å². The van der Waals surface area contributed by atoms with Gasteiger partial charge in [0.1, 0.15) is 5.82 Å². The number of hydrazone groups is 1. The Balaban J connectivity index is 1.59. The average Bonchev–Trinajstić information content (AvgIpc) is 2.87. The number of nitrogens with zero attached hydrogens (tertiary/aromatic N) is 1. The summed E-state index contributed by atoms with van der Waals surface area (Å²) in [5, 5.41) is 9.40. The van der Waals surface area contributed by atoms with Crippen molar-refractivity contribution in [3.8, 4) is 11.5 Å². The first-order valence-corrected chi connectivity index (χ1v) is 12.1. The molecule has 3 amide bonds. The van der Waals surface area contributed by atoms with Crippen LogP contribution in [0.25, 0.3) is 0 Å². The van der Waals surface area contributed by atoms with Gasteiger partial charge in [0.25, 0.3) is 5.91 Å². The maximum Gasteiger partial charge on any atom is 0.329 e. The number of anilines is 2. The SMILES string of the molecule is COc1cc(/C=N\NC(=O)C(=O)Nc2ccc(F)cc2)cc(I)c1OCC(=O)Nc1cccc(Cl)c1C. The first-order valence-electron chi connectivity index (χ1n) is 10.6. The van der Waals surface area contributed by atoms with Crippen LogP contribution in [0.15, 0.2) is 59.7 Å². The average molecular weight is 639 g/mol. The van der Waals surface area contributed by atoms with Crippen molar-refractivity contribution >= 4 is 69.5 Å². The lowest BCUT2D eigenvalue weighted by atomic mass is 10.2. The lowest BCUT2D eigenvalue weighted by Crippen LogP contribution is -2.32. The molecule has 3 N–H and O–H groups in total. The summed E-state index contributed by atoms with van der Waals surface area (Å²) in [6.45, 7) is 1.52. The van der Waals surface area contributed by atoms with Gasteiger partial charge < -0.3 is 20.1 Å². The van der Waals surface area contributed by atoms with Gasteiger partial charge in [-0.05, 0) is 89.2 Å². The van der Waals surface area contributed by atoms with Gasteiger partial charge in [0, 0.05) is 16.4 Å². The number of halogens is 3. The number of hydrogen-bond donors (Lipinski definition) is 3. The first kappa shape index (κ1) is 27.9. The minimum Gasteiger partial charge on any atom is -0.493 e. The highest BCUT2D eigenvalue weighted by Crippen LogP contribution is 2.33. The molecule has 0 radical (unpaired) electrons. The van der Waals surface area contributed by atoms with E-state index in [-0.39, 0.29) is 18.2 Å². The van der Waals surface area contributed by atoms with Crippen molar-refractivity contribution in [2.24, 2.45) is 5.10 Å². The van der Waals surface area contributed by atoms with Crippen molar-refractivity contribution in [1.29, 1.82) is 0 Å². The predicted octanol–water partition coefficient (Wildman–Crippen LogP) is 4.51. The minimum atomic E-state index is -1.01. The normalized spacial score (nSPS) is 10.6. The molecular formula is C25H21ClFIN4O5. The number of rotatable bonds is 8. The quantitative estimate of drug-likeness (QED) is 0.145. The molecule has 0 fully saturated rings. The molecule has 3 rings (SSSR count). The number of carbonyl (C=O) groups excluding carboxylic acids is 3. The molecule has 0 aliphatic carbocycles. The van der Waals surface area contributed by atoms with Crippen LogP contribution in [0.1, 0.15) is 11.1 Å². The highest BCUT2D eigenvalue weighted by molar-refractivity contribution is 14.1. The van der Waals surface area contributed by atoms with E-state index in [0.29, 0.717) is 31.3 Å².